The zero-order chi connectivity index (χ0) is 18.9. The van der Waals surface area contributed by atoms with Crippen LogP contribution in [-0.4, -0.2) is 44.3 Å². The van der Waals surface area contributed by atoms with Crippen molar-refractivity contribution in [3.63, 3.8) is 0 Å². The molecule has 2 atom stereocenters. The van der Waals surface area contributed by atoms with Gasteiger partial charge in [0.1, 0.15) is 0 Å². The Morgan fingerprint density at radius 3 is 2.40 bits per heavy atom. The van der Waals surface area contributed by atoms with Gasteiger partial charge in [-0.3, -0.25) is 4.39 Å². The second-order valence-corrected chi connectivity index (χ2v) is 7.49. The number of unbranched alkanes of at least 4 members (excludes halogenated alkanes) is 2. The molecule has 0 aromatic heterocycles. The molecule has 0 radical (unpaired) electrons. The number of nitrogens with one attached hydrogen (secondary N) is 1. The van der Waals surface area contributed by atoms with Gasteiger partial charge in [-0.15, -0.1) is 0 Å². The van der Waals surface area contributed by atoms with Crippen LogP contribution in [0.15, 0.2) is 11.9 Å². The molecule has 0 amide bonds. The molecule has 2 unspecified atom stereocenters. The monoisotopic (exact) mass is 360 g/mol. The third-order valence-corrected chi connectivity index (χ3v) is 4.54. The maximum atomic E-state index is 13.5. The number of hydrogen-bond acceptors (Lipinski definition) is 2. The largest absolute Gasteiger partial charge is 0.316 e. The molecule has 25 heavy (non-hydrogen) atoms. The summed E-state index contributed by atoms with van der Waals surface area (Å²) in [5.74, 6) is 0.526. The Hall–Kier alpha value is -0.480. The highest BCUT2D eigenvalue weighted by molar-refractivity contribution is 4.95. The third kappa shape index (κ3) is 15.5. The van der Waals surface area contributed by atoms with Gasteiger partial charge in [-0.2, -0.15) is 0 Å². The van der Waals surface area contributed by atoms with Crippen LogP contribution in [0, 0.1) is 11.8 Å². The van der Waals surface area contributed by atoms with E-state index in [4.69, 9.17) is 0 Å². The van der Waals surface area contributed by atoms with Gasteiger partial charge in [-0.25, -0.2) is 4.39 Å². The molecule has 0 heterocycles. The third-order valence-electron chi connectivity index (χ3n) is 4.54. The van der Waals surface area contributed by atoms with Gasteiger partial charge in [-0.1, -0.05) is 40.5 Å². The summed E-state index contributed by atoms with van der Waals surface area (Å²) < 4.78 is 25.7. The summed E-state index contributed by atoms with van der Waals surface area (Å²) in [5, 5.41) is 3.53. The minimum atomic E-state index is -0.612. The Labute approximate surface area is 155 Å². The van der Waals surface area contributed by atoms with Crippen molar-refractivity contribution in [2.75, 3.05) is 39.4 Å². The van der Waals surface area contributed by atoms with Crippen LogP contribution in [-0.2, 0) is 0 Å². The summed E-state index contributed by atoms with van der Waals surface area (Å²) in [6.45, 7) is 13.4. The summed E-state index contributed by atoms with van der Waals surface area (Å²) in [7, 11) is 0. The Morgan fingerprint density at radius 2 is 1.76 bits per heavy atom. The standard InChI is InChI=1S/C21H42F2N2/c1-5-7-13-24-17-19(3)10-9-15-25(14-8-6-2)18-20(4)16-21(23)11-12-22/h16,19-20,24H,5-15,17-18H2,1-4H3/b21-16+. The van der Waals surface area contributed by atoms with Crippen molar-refractivity contribution in [3.05, 3.63) is 11.9 Å². The van der Waals surface area contributed by atoms with Crippen LogP contribution < -0.4 is 5.32 Å². The molecule has 0 aromatic rings. The summed E-state index contributed by atoms with van der Waals surface area (Å²) >= 11 is 0. The van der Waals surface area contributed by atoms with Crippen LogP contribution in [0.2, 0.25) is 0 Å². The Morgan fingerprint density at radius 1 is 1.08 bits per heavy atom. The Bertz CT molecular complexity index is 321. The first-order valence-corrected chi connectivity index (χ1v) is 10.4. The first kappa shape index (κ1) is 24.5. The van der Waals surface area contributed by atoms with Crippen molar-refractivity contribution in [1.82, 2.24) is 10.2 Å². The number of alkyl halides is 1. The van der Waals surface area contributed by atoms with Crippen LogP contribution in [0.3, 0.4) is 0 Å². The highest BCUT2D eigenvalue weighted by Crippen LogP contribution is 2.13. The normalized spacial score (nSPS) is 14.9. The van der Waals surface area contributed by atoms with Gasteiger partial charge >= 0.3 is 0 Å². The van der Waals surface area contributed by atoms with E-state index in [2.05, 4.69) is 31.0 Å². The van der Waals surface area contributed by atoms with Crippen molar-refractivity contribution in [2.45, 2.75) is 72.6 Å². The molecule has 0 fully saturated rings. The SMILES string of the molecule is CCCCNCC(C)CCCN(CCCC)CC(C)/C=C(/F)CCF. The number of nitrogens with zero attached hydrogens (tertiary/aromatic N) is 1. The maximum absolute atomic E-state index is 13.5. The van der Waals surface area contributed by atoms with Gasteiger partial charge in [0, 0.05) is 13.0 Å². The van der Waals surface area contributed by atoms with E-state index < -0.39 is 6.67 Å². The fourth-order valence-electron chi connectivity index (χ4n) is 3.03. The minimum absolute atomic E-state index is 0.0815. The van der Waals surface area contributed by atoms with E-state index in [-0.39, 0.29) is 18.2 Å². The van der Waals surface area contributed by atoms with Crippen LogP contribution in [0.5, 0.6) is 0 Å². The van der Waals surface area contributed by atoms with Crippen LogP contribution in [0.1, 0.15) is 72.6 Å². The molecule has 0 aliphatic carbocycles. The molecule has 0 aliphatic heterocycles. The van der Waals surface area contributed by atoms with Crippen molar-refractivity contribution < 1.29 is 8.78 Å². The van der Waals surface area contributed by atoms with E-state index in [0.717, 1.165) is 32.7 Å². The lowest BCUT2D eigenvalue weighted by molar-refractivity contribution is 0.238. The number of hydrogen-bond donors (Lipinski definition) is 1. The van der Waals surface area contributed by atoms with E-state index in [1.807, 2.05) is 6.92 Å². The fraction of sp³-hybridized carbons (Fsp3) is 0.905. The van der Waals surface area contributed by atoms with Gasteiger partial charge in [0.05, 0.1) is 12.5 Å². The second kappa shape index (κ2) is 17.0. The zero-order valence-corrected chi connectivity index (χ0v) is 17.1. The smallest absolute Gasteiger partial charge is 0.0989 e. The Balaban J connectivity index is 4.14. The topological polar surface area (TPSA) is 15.3 Å². The quantitative estimate of drug-likeness (QED) is 0.333. The molecule has 0 saturated carbocycles. The average Bonchev–Trinajstić information content (AvgIpc) is 2.56. The molecule has 0 aromatic carbocycles. The average molecular weight is 361 g/mol. The number of halogens is 2. The molecule has 0 aliphatic rings. The minimum Gasteiger partial charge on any atom is -0.316 e. The van der Waals surface area contributed by atoms with Gasteiger partial charge in [-0.05, 0) is 69.8 Å². The zero-order valence-electron chi connectivity index (χ0n) is 17.1. The number of rotatable bonds is 17. The van der Waals surface area contributed by atoms with Gasteiger partial charge in [0.15, 0.2) is 0 Å². The highest BCUT2D eigenvalue weighted by atomic mass is 19.1. The predicted octanol–water partition coefficient (Wildman–Crippen LogP) is 5.74. The molecular formula is C21H42F2N2. The molecule has 2 nitrogen and oxygen atoms in total. The van der Waals surface area contributed by atoms with E-state index >= 15 is 0 Å². The lowest BCUT2D eigenvalue weighted by Crippen LogP contribution is -2.31. The summed E-state index contributed by atoms with van der Waals surface area (Å²) in [6, 6.07) is 0. The van der Waals surface area contributed by atoms with Crippen LogP contribution >= 0.6 is 0 Å². The molecule has 0 bridgehead atoms. The van der Waals surface area contributed by atoms with Crippen LogP contribution in [0.25, 0.3) is 0 Å². The van der Waals surface area contributed by atoms with Crippen molar-refractivity contribution >= 4 is 0 Å². The lowest BCUT2D eigenvalue weighted by Gasteiger charge is -2.25. The molecule has 1 N–H and O–H groups in total. The summed E-state index contributed by atoms with van der Waals surface area (Å²) in [6.07, 6.45) is 8.77. The molecule has 0 spiro atoms. The predicted molar refractivity (Wildman–Crippen MR) is 106 cm³/mol. The van der Waals surface area contributed by atoms with E-state index in [9.17, 15) is 8.78 Å². The van der Waals surface area contributed by atoms with Gasteiger partial charge < -0.3 is 10.2 Å². The van der Waals surface area contributed by atoms with Gasteiger partial charge in [0.25, 0.3) is 0 Å². The molecule has 4 heteroatoms. The number of allylic oxidation sites excluding steroid dienone is 1. The van der Waals surface area contributed by atoms with Gasteiger partial charge in [0.2, 0.25) is 0 Å². The van der Waals surface area contributed by atoms with Crippen LogP contribution in [0.4, 0.5) is 8.78 Å². The van der Waals surface area contributed by atoms with Crippen molar-refractivity contribution in [2.24, 2.45) is 11.8 Å². The van der Waals surface area contributed by atoms with E-state index in [1.165, 1.54) is 38.5 Å². The maximum Gasteiger partial charge on any atom is 0.0989 e. The molecule has 0 rings (SSSR count). The lowest BCUT2D eigenvalue weighted by atomic mass is 10.0. The first-order chi connectivity index (χ1) is 12.0. The van der Waals surface area contributed by atoms with E-state index in [1.54, 1.807) is 6.08 Å². The first-order valence-electron chi connectivity index (χ1n) is 10.4. The fourth-order valence-corrected chi connectivity index (χ4v) is 3.03. The molecular weight excluding hydrogens is 318 g/mol. The molecule has 150 valence electrons. The summed E-state index contributed by atoms with van der Waals surface area (Å²) in [4.78, 5) is 2.45. The molecule has 0 saturated heterocycles. The second-order valence-electron chi connectivity index (χ2n) is 7.49. The summed E-state index contributed by atoms with van der Waals surface area (Å²) in [5.41, 5.74) is 0. The van der Waals surface area contributed by atoms with Crippen molar-refractivity contribution in [1.29, 1.82) is 0 Å². The van der Waals surface area contributed by atoms with Crippen molar-refractivity contribution in [3.8, 4) is 0 Å². The highest BCUT2D eigenvalue weighted by Gasteiger charge is 2.11. The van der Waals surface area contributed by atoms with E-state index in [0.29, 0.717) is 5.92 Å². The Kier molecular flexibility index (Phi) is 16.6.